The fourth-order valence-corrected chi connectivity index (χ4v) is 4.24. The Labute approximate surface area is 198 Å². The minimum Gasteiger partial charge on any atom is -0.397 e. The SMILES string of the molecule is CN1CC(C(=O)Nc2ccccc2)C(c2ccc(C=CC(=O)Nc3ccccc3N)cc2F)C1. The molecule has 34 heavy (non-hydrogen) atoms. The molecule has 7 heteroatoms. The molecule has 2 amide bonds. The number of likely N-dealkylation sites (N-methyl/N-ethyl adjacent to an activating group) is 1. The van der Waals surface area contributed by atoms with E-state index in [1.165, 1.54) is 12.1 Å². The Morgan fingerprint density at radius 1 is 1.00 bits per heavy atom. The Morgan fingerprint density at radius 3 is 2.47 bits per heavy atom. The van der Waals surface area contributed by atoms with Crippen LogP contribution in [0.3, 0.4) is 0 Å². The second-order valence-electron chi connectivity index (χ2n) is 8.48. The monoisotopic (exact) mass is 458 g/mol. The zero-order chi connectivity index (χ0) is 24.1. The molecule has 0 saturated carbocycles. The first-order chi connectivity index (χ1) is 16.4. The van der Waals surface area contributed by atoms with Crippen LogP contribution >= 0.6 is 0 Å². The van der Waals surface area contributed by atoms with Crippen molar-refractivity contribution in [3.05, 3.63) is 95.8 Å². The topological polar surface area (TPSA) is 87.5 Å². The number of anilines is 3. The molecule has 4 N–H and O–H groups in total. The Kier molecular flexibility index (Phi) is 7.04. The van der Waals surface area contributed by atoms with Crippen LogP contribution in [0.1, 0.15) is 17.0 Å². The zero-order valence-electron chi connectivity index (χ0n) is 18.9. The molecule has 1 aliphatic heterocycles. The average molecular weight is 459 g/mol. The van der Waals surface area contributed by atoms with E-state index in [2.05, 4.69) is 10.6 Å². The average Bonchev–Trinajstić information content (AvgIpc) is 3.21. The summed E-state index contributed by atoms with van der Waals surface area (Å²) in [6.45, 7) is 1.13. The highest BCUT2D eigenvalue weighted by molar-refractivity contribution is 6.03. The smallest absolute Gasteiger partial charge is 0.248 e. The van der Waals surface area contributed by atoms with E-state index in [1.807, 2.05) is 42.3 Å². The van der Waals surface area contributed by atoms with E-state index in [9.17, 15) is 9.59 Å². The molecule has 0 bridgehead atoms. The summed E-state index contributed by atoms with van der Waals surface area (Å²) in [5, 5.41) is 5.64. The van der Waals surface area contributed by atoms with Crippen molar-refractivity contribution in [2.24, 2.45) is 5.92 Å². The predicted octanol–water partition coefficient (Wildman–Crippen LogP) is 4.34. The van der Waals surface area contributed by atoms with Gasteiger partial charge in [-0.3, -0.25) is 9.59 Å². The van der Waals surface area contributed by atoms with Crippen LogP contribution in [0.2, 0.25) is 0 Å². The summed E-state index contributed by atoms with van der Waals surface area (Å²) in [7, 11) is 1.93. The fourth-order valence-electron chi connectivity index (χ4n) is 4.24. The van der Waals surface area contributed by atoms with E-state index in [1.54, 1.807) is 42.5 Å². The summed E-state index contributed by atoms with van der Waals surface area (Å²) in [6.07, 6.45) is 2.88. The first kappa shape index (κ1) is 23.2. The van der Waals surface area contributed by atoms with E-state index in [4.69, 9.17) is 5.73 Å². The summed E-state index contributed by atoms with van der Waals surface area (Å²) >= 11 is 0. The summed E-state index contributed by atoms with van der Waals surface area (Å²) in [6, 6.07) is 21.1. The molecule has 1 aliphatic rings. The molecule has 3 aromatic carbocycles. The van der Waals surface area contributed by atoms with Gasteiger partial charge < -0.3 is 21.3 Å². The predicted molar refractivity (Wildman–Crippen MR) is 134 cm³/mol. The molecule has 2 unspecified atom stereocenters. The van der Waals surface area contributed by atoms with Gasteiger partial charge in [-0.1, -0.05) is 42.5 Å². The molecular weight excluding hydrogens is 431 g/mol. The Balaban J connectivity index is 1.46. The quantitative estimate of drug-likeness (QED) is 0.379. The molecule has 174 valence electrons. The largest absolute Gasteiger partial charge is 0.397 e. The number of carbonyl (C=O) groups excluding carboxylic acids is 2. The number of rotatable bonds is 6. The third kappa shape index (κ3) is 5.50. The number of benzene rings is 3. The number of hydrogen-bond acceptors (Lipinski definition) is 4. The van der Waals surface area contributed by atoms with E-state index in [0.29, 0.717) is 35.6 Å². The van der Waals surface area contributed by atoms with Gasteiger partial charge in [-0.2, -0.15) is 0 Å². The van der Waals surface area contributed by atoms with E-state index < -0.39 is 5.82 Å². The van der Waals surface area contributed by atoms with Crippen molar-refractivity contribution in [2.75, 3.05) is 36.5 Å². The minimum absolute atomic E-state index is 0.124. The molecule has 1 saturated heterocycles. The number of likely N-dealkylation sites (tertiary alicyclic amines) is 1. The first-order valence-electron chi connectivity index (χ1n) is 11.1. The van der Waals surface area contributed by atoms with Crippen LogP contribution in [-0.4, -0.2) is 36.9 Å². The van der Waals surface area contributed by atoms with Gasteiger partial charge in [0.2, 0.25) is 11.8 Å². The van der Waals surface area contributed by atoms with E-state index in [-0.39, 0.29) is 23.7 Å². The van der Waals surface area contributed by atoms with Crippen LogP contribution < -0.4 is 16.4 Å². The number of hydrogen-bond donors (Lipinski definition) is 3. The lowest BCUT2D eigenvalue weighted by Gasteiger charge is -2.19. The maximum absolute atomic E-state index is 15.1. The number of nitrogen functional groups attached to an aromatic ring is 1. The van der Waals surface area contributed by atoms with Crippen LogP contribution in [0, 0.1) is 11.7 Å². The van der Waals surface area contributed by atoms with Crippen molar-refractivity contribution in [3.63, 3.8) is 0 Å². The van der Waals surface area contributed by atoms with Crippen molar-refractivity contribution in [3.8, 4) is 0 Å². The molecule has 0 aliphatic carbocycles. The number of nitrogens with one attached hydrogen (secondary N) is 2. The van der Waals surface area contributed by atoms with Gasteiger partial charge in [0, 0.05) is 30.8 Å². The van der Waals surface area contributed by atoms with Gasteiger partial charge >= 0.3 is 0 Å². The van der Waals surface area contributed by atoms with Crippen molar-refractivity contribution >= 4 is 35.0 Å². The third-order valence-electron chi connectivity index (χ3n) is 5.95. The highest BCUT2D eigenvalue weighted by Crippen LogP contribution is 2.34. The Hall–Kier alpha value is -3.97. The van der Waals surface area contributed by atoms with Crippen molar-refractivity contribution in [1.82, 2.24) is 4.90 Å². The maximum Gasteiger partial charge on any atom is 0.248 e. The van der Waals surface area contributed by atoms with Gasteiger partial charge in [-0.25, -0.2) is 4.39 Å². The van der Waals surface area contributed by atoms with Crippen molar-refractivity contribution in [2.45, 2.75) is 5.92 Å². The number of nitrogens with two attached hydrogens (primary N) is 1. The van der Waals surface area contributed by atoms with Gasteiger partial charge in [0.15, 0.2) is 0 Å². The lowest BCUT2D eigenvalue weighted by atomic mass is 9.87. The number of halogens is 1. The summed E-state index contributed by atoms with van der Waals surface area (Å²) < 4.78 is 15.1. The van der Waals surface area contributed by atoms with Gasteiger partial charge in [-0.15, -0.1) is 0 Å². The molecule has 0 radical (unpaired) electrons. The van der Waals surface area contributed by atoms with E-state index in [0.717, 1.165) is 5.69 Å². The second kappa shape index (κ2) is 10.3. The maximum atomic E-state index is 15.1. The fraction of sp³-hybridized carbons (Fsp3) is 0.185. The molecule has 2 atom stereocenters. The zero-order valence-corrected chi connectivity index (χ0v) is 18.9. The first-order valence-corrected chi connectivity index (χ1v) is 11.1. The molecule has 1 fully saturated rings. The van der Waals surface area contributed by atoms with Crippen LogP contribution in [0.25, 0.3) is 6.08 Å². The lowest BCUT2D eigenvalue weighted by molar-refractivity contribution is -0.119. The number of carbonyl (C=O) groups is 2. The molecule has 3 aromatic rings. The third-order valence-corrected chi connectivity index (χ3v) is 5.95. The molecular formula is C27H27FN4O2. The summed E-state index contributed by atoms with van der Waals surface area (Å²) in [5.41, 5.74) is 8.59. The lowest BCUT2D eigenvalue weighted by Crippen LogP contribution is -2.28. The normalized spacial score (nSPS) is 18.2. The van der Waals surface area contributed by atoms with Crippen LogP contribution in [-0.2, 0) is 9.59 Å². The molecule has 4 rings (SSSR count). The van der Waals surface area contributed by atoms with Gasteiger partial charge in [0.1, 0.15) is 5.82 Å². The number of para-hydroxylation sites is 3. The minimum atomic E-state index is -0.396. The van der Waals surface area contributed by atoms with Crippen LogP contribution in [0.15, 0.2) is 78.9 Å². The molecule has 1 heterocycles. The second-order valence-corrected chi connectivity index (χ2v) is 8.48. The highest BCUT2D eigenvalue weighted by Gasteiger charge is 2.38. The summed E-state index contributed by atoms with van der Waals surface area (Å²) in [4.78, 5) is 27.2. The highest BCUT2D eigenvalue weighted by atomic mass is 19.1. The van der Waals surface area contributed by atoms with Gasteiger partial charge in [0.05, 0.1) is 17.3 Å². The molecule has 0 aromatic heterocycles. The Morgan fingerprint density at radius 2 is 1.74 bits per heavy atom. The molecule has 6 nitrogen and oxygen atoms in total. The summed E-state index contributed by atoms with van der Waals surface area (Å²) in [5.74, 6) is -1.52. The van der Waals surface area contributed by atoms with Gasteiger partial charge in [-0.05, 0) is 54.6 Å². The number of nitrogens with zero attached hydrogens (tertiary/aromatic N) is 1. The van der Waals surface area contributed by atoms with Gasteiger partial charge in [0.25, 0.3) is 0 Å². The number of amides is 2. The van der Waals surface area contributed by atoms with E-state index >= 15 is 4.39 Å². The Bertz CT molecular complexity index is 1210. The standard InChI is InChI=1S/C27H27FN4O2/c1-32-16-21(22(17-32)27(34)30-19-7-3-2-4-8-19)20-13-11-18(15-23(20)28)12-14-26(33)31-25-10-6-5-9-24(25)29/h2-15,21-22H,16-17,29H2,1H3,(H,30,34)(H,31,33). The van der Waals surface area contributed by atoms with Crippen LogP contribution in [0.5, 0.6) is 0 Å². The van der Waals surface area contributed by atoms with Crippen molar-refractivity contribution < 1.29 is 14.0 Å². The van der Waals surface area contributed by atoms with Crippen LogP contribution in [0.4, 0.5) is 21.5 Å². The molecule has 0 spiro atoms. The van der Waals surface area contributed by atoms with Crippen molar-refractivity contribution in [1.29, 1.82) is 0 Å².